The van der Waals surface area contributed by atoms with Crippen LogP contribution in [-0.2, 0) is 6.54 Å². The van der Waals surface area contributed by atoms with Crippen molar-refractivity contribution in [1.82, 2.24) is 19.7 Å². The molecule has 3 heterocycles. The van der Waals surface area contributed by atoms with Gasteiger partial charge in [0.2, 0.25) is 0 Å². The van der Waals surface area contributed by atoms with E-state index in [-0.39, 0.29) is 0 Å². The van der Waals surface area contributed by atoms with Crippen LogP contribution in [0.4, 0.5) is 5.69 Å². The second-order valence-corrected chi connectivity index (χ2v) is 6.87. The molecule has 1 atom stereocenters. The quantitative estimate of drug-likeness (QED) is 0.710. The molecule has 1 unspecified atom stereocenters. The predicted octanol–water partition coefficient (Wildman–Crippen LogP) is 3.21. The maximum Gasteiger partial charge on any atom is 0.0753 e. The zero-order chi connectivity index (χ0) is 17.8. The SMILES string of the molecule is CC(c1cccnc1)N1CCN(c2cnn(Cc3ccccc3)c2)CC1. The highest BCUT2D eigenvalue weighted by Gasteiger charge is 2.22. The van der Waals surface area contributed by atoms with Crippen LogP contribution in [0, 0.1) is 0 Å². The fourth-order valence-corrected chi connectivity index (χ4v) is 3.57. The van der Waals surface area contributed by atoms with Crippen molar-refractivity contribution in [2.75, 3.05) is 31.1 Å². The van der Waals surface area contributed by atoms with Crippen LogP contribution in [0.2, 0.25) is 0 Å². The molecule has 1 aliphatic rings. The van der Waals surface area contributed by atoms with E-state index in [1.54, 1.807) is 0 Å². The van der Waals surface area contributed by atoms with Crippen molar-refractivity contribution >= 4 is 5.69 Å². The van der Waals surface area contributed by atoms with Crippen molar-refractivity contribution in [2.24, 2.45) is 0 Å². The van der Waals surface area contributed by atoms with Crippen LogP contribution < -0.4 is 4.90 Å². The highest BCUT2D eigenvalue weighted by atomic mass is 15.3. The van der Waals surface area contributed by atoms with Gasteiger partial charge in [0, 0.05) is 50.8 Å². The Hall–Kier alpha value is -2.66. The summed E-state index contributed by atoms with van der Waals surface area (Å²) in [7, 11) is 0. The topological polar surface area (TPSA) is 37.2 Å². The van der Waals surface area contributed by atoms with Crippen molar-refractivity contribution in [2.45, 2.75) is 19.5 Å². The van der Waals surface area contributed by atoms with Gasteiger partial charge in [-0.05, 0) is 24.1 Å². The summed E-state index contributed by atoms with van der Waals surface area (Å²) in [6.07, 6.45) is 7.96. The standard InChI is InChI=1S/C21H25N5/c1-18(20-8-5-9-22-14-20)24-10-12-25(13-11-24)21-15-23-26(17-21)16-19-6-3-2-4-7-19/h2-9,14-15,17-18H,10-13,16H2,1H3. The van der Waals surface area contributed by atoms with E-state index in [2.05, 4.69) is 63.3 Å². The van der Waals surface area contributed by atoms with Gasteiger partial charge in [-0.1, -0.05) is 36.4 Å². The number of nitrogens with zero attached hydrogens (tertiary/aromatic N) is 5. The first-order chi connectivity index (χ1) is 12.8. The van der Waals surface area contributed by atoms with E-state index in [0.29, 0.717) is 6.04 Å². The lowest BCUT2D eigenvalue weighted by Gasteiger charge is -2.38. The lowest BCUT2D eigenvalue weighted by atomic mass is 10.1. The Morgan fingerprint density at radius 1 is 0.962 bits per heavy atom. The normalized spacial score (nSPS) is 16.6. The summed E-state index contributed by atoms with van der Waals surface area (Å²) in [5, 5.41) is 4.54. The van der Waals surface area contributed by atoms with Crippen LogP contribution in [0.25, 0.3) is 0 Å². The molecule has 2 aromatic heterocycles. The average molecular weight is 347 g/mol. The molecular formula is C21H25N5. The van der Waals surface area contributed by atoms with Crippen LogP contribution in [0.15, 0.2) is 67.3 Å². The van der Waals surface area contributed by atoms with E-state index < -0.39 is 0 Å². The minimum absolute atomic E-state index is 0.409. The molecule has 1 fully saturated rings. The van der Waals surface area contributed by atoms with E-state index in [1.807, 2.05) is 35.4 Å². The number of rotatable bonds is 5. The van der Waals surface area contributed by atoms with E-state index >= 15 is 0 Å². The van der Waals surface area contributed by atoms with Crippen LogP contribution in [-0.4, -0.2) is 45.8 Å². The Balaban J connectivity index is 1.35. The third-order valence-electron chi connectivity index (χ3n) is 5.20. The summed E-state index contributed by atoms with van der Waals surface area (Å²) in [5.74, 6) is 0. The molecule has 5 heteroatoms. The summed E-state index contributed by atoms with van der Waals surface area (Å²) in [6, 6.07) is 15.1. The van der Waals surface area contributed by atoms with Gasteiger partial charge < -0.3 is 4.90 Å². The Kier molecular flexibility index (Phi) is 4.97. The number of pyridine rings is 1. The van der Waals surface area contributed by atoms with Crippen molar-refractivity contribution in [3.63, 3.8) is 0 Å². The van der Waals surface area contributed by atoms with Gasteiger partial charge in [-0.25, -0.2) is 0 Å². The molecule has 0 aliphatic carbocycles. The average Bonchev–Trinajstić information content (AvgIpc) is 3.17. The monoisotopic (exact) mass is 347 g/mol. The highest BCUT2D eigenvalue weighted by molar-refractivity contribution is 5.43. The molecule has 0 saturated carbocycles. The maximum absolute atomic E-state index is 4.54. The molecule has 0 amide bonds. The zero-order valence-corrected chi connectivity index (χ0v) is 15.2. The van der Waals surface area contributed by atoms with Crippen molar-refractivity contribution < 1.29 is 0 Å². The van der Waals surface area contributed by atoms with Crippen LogP contribution in [0.5, 0.6) is 0 Å². The fraction of sp³-hybridized carbons (Fsp3) is 0.333. The van der Waals surface area contributed by atoms with E-state index in [4.69, 9.17) is 0 Å². The van der Waals surface area contributed by atoms with E-state index in [1.165, 1.54) is 16.8 Å². The number of benzene rings is 1. The smallest absolute Gasteiger partial charge is 0.0753 e. The zero-order valence-electron chi connectivity index (χ0n) is 15.2. The minimum Gasteiger partial charge on any atom is -0.366 e. The molecule has 0 bridgehead atoms. The molecule has 0 N–H and O–H groups in total. The van der Waals surface area contributed by atoms with Crippen molar-refractivity contribution in [3.05, 3.63) is 78.4 Å². The third-order valence-corrected chi connectivity index (χ3v) is 5.20. The number of aromatic nitrogens is 3. The van der Waals surface area contributed by atoms with Gasteiger partial charge in [-0.2, -0.15) is 5.10 Å². The second-order valence-electron chi connectivity index (χ2n) is 6.87. The van der Waals surface area contributed by atoms with Gasteiger partial charge in [0.1, 0.15) is 0 Å². The van der Waals surface area contributed by atoms with E-state index in [9.17, 15) is 0 Å². The molecule has 26 heavy (non-hydrogen) atoms. The van der Waals surface area contributed by atoms with Gasteiger partial charge in [0.05, 0.1) is 18.4 Å². The van der Waals surface area contributed by atoms with Gasteiger partial charge in [-0.15, -0.1) is 0 Å². The summed E-state index contributed by atoms with van der Waals surface area (Å²) in [6.45, 7) is 7.26. The molecule has 0 spiro atoms. The molecule has 5 nitrogen and oxygen atoms in total. The first kappa shape index (κ1) is 16.8. The lowest BCUT2D eigenvalue weighted by Crippen LogP contribution is -2.47. The number of hydrogen-bond donors (Lipinski definition) is 0. The second kappa shape index (κ2) is 7.70. The van der Waals surface area contributed by atoms with Gasteiger partial charge in [0.15, 0.2) is 0 Å². The van der Waals surface area contributed by atoms with Gasteiger partial charge in [-0.3, -0.25) is 14.6 Å². The van der Waals surface area contributed by atoms with Crippen LogP contribution in [0.1, 0.15) is 24.1 Å². The maximum atomic E-state index is 4.54. The highest BCUT2D eigenvalue weighted by Crippen LogP contribution is 2.23. The number of hydrogen-bond acceptors (Lipinski definition) is 4. The Morgan fingerprint density at radius 3 is 2.50 bits per heavy atom. The Bertz CT molecular complexity index is 807. The van der Waals surface area contributed by atoms with Crippen LogP contribution in [0.3, 0.4) is 0 Å². The molecule has 1 saturated heterocycles. The minimum atomic E-state index is 0.409. The van der Waals surface area contributed by atoms with Gasteiger partial charge >= 0.3 is 0 Å². The largest absolute Gasteiger partial charge is 0.366 e. The molecule has 134 valence electrons. The molecule has 1 aliphatic heterocycles. The summed E-state index contributed by atoms with van der Waals surface area (Å²) in [4.78, 5) is 9.21. The summed E-state index contributed by atoms with van der Waals surface area (Å²) >= 11 is 0. The first-order valence-electron chi connectivity index (χ1n) is 9.25. The van der Waals surface area contributed by atoms with Crippen LogP contribution >= 0.6 is 0 Å². The van der Waals surface area contributed by atoms with Crippen molar-refractivity contribution in [3.8, 4) is 0 Å². The fourth-order valence-electron chi connectivity index (χ4n) is 3.57. The molecule has 1 aromatic carbocycles. The van der Waals surface area contributed by atoms with E-state index in [0.717, 1.165) is 32.7 Å². The molecule has 0 radical (unpaired) electrons. The predicted molar refractivity (Wildman–Crippen MR) is 104 cm³/mol. The summed E-state index contributed by atoms with van der Waals surface area (Å²) < 4.78 is 2.02. The molecule has 3 aromatic rings. The number of anilines is 1. The molecular weight excluding hydrogens is 322 g/mol. The molecule has 4 rings (SSSR count). The lowest BCUT2D eigenvalue weighted by molar-refractivity contribution is 0.198. The summed E-state index contributed by atoms with van der Waals surface area (Å²) in [5.41, 5.74) is 3.78. The van der Waals surface area contributed by atoms with Gasteiger partial charge in [0.25, 0.3) is 0 Å². The Labute approximate surface area is 154 Å². The third kappa shape index (κ3) is 3.78. The van der Waals surface area contributed by atoms with Crippen molar-refractivity contribution in [1.29, 1.82) is 0 Å². The number of piperazine rings is 1. The Morgan fingerprint density at radius 2 is 1.77 bits per heavy atom. The first-order valence-corrected chi connectivity index (χ1v) is 9.25.